The number of hydrogen-bond donors (Lipinski definition) is 0. The molecule has 0 spiro atoms. The Kier molecular flexibility index (Phi) is 7.60. The molecular formula is C28H42F2O. The highest BCUT2D eigenvalue weighted by Crippen LogP contribution is 2.43. The molecule has 1 aromatic rings. The smallest absolute Gasteiger partial charge is 0.400 e. The number of benzene rings is 1. The predicted octanol–water partition coefficient (Wildman–Crippen LogP) is 8.97. The predicted molar refractivity (Wildman–Crippen MR) is 124 cm³/mol. The van der Waals surface area contributed by atoms with Crippen molar-refractivity contribution in [2.75, 3.05) is 0 Å². The molecule has 0 atom stereocenters. The van der Waals surface area contributed by atoms with Crippen molar-refractivity contribution in [3.05, 3.63) is 29.8 Å². The topological polar surface area (TPSA) is 9.23 Å². The lowest BCUT2D eigenvalue weighted by atomic mass is 9.73. The van der Waals surface area contributed by atoms with Crippen LogP contribution in [0, 0.1) is 29.6 Å². The standard InChI is InChI=1S/C28H42F2O/c1-20-3-7-22(8-4-20)19-23-9-15-26(16-10-23)28(29,30)31-27-17-13-25(14-18-27)24-11-5-21(2)6-12-24/h13-14,17-18,20-24,26H,3-12,15-16,19H2,1-2H3. The molecule has 1 aromatic carbocycles. The lowest BCUT2D eigenvalue weighted by molar-refractivity contribution is -0.223. The molecular weight excluding hydrogens is 390 g/mol. The summed E-state index contributed by atoms with van der Waals surface area (Å²) in [6.07, 6.45) is 11.6. The zero-order valence-electron chi connectivity index (χ0n) is 19.6. The van der Waals surface area contributed by atoms with Crippen LogP contribution in [0.3, 0.4) is 0 Å². The minimum atomic E-state index is -3.06. The molecule has 0 amide bonds. The van der Waals surface area contributed by atoms with Crippen molar-refractivity contribution in [1.82, 2.24) is 0 Å². The van der Waals surface area contributed by atoms with Gasteiger partial charge >= 0.3 is 6.11 Å². The van der Waals surface area contributed by atoms with Crippen LogP contribution >= 0.6 is 0 Å². The lowest BCUT2D eigenvalue weighted by Crippen LogP contribution is -2.37. The average molecular weight is 433 g/mol. The third-order valence-electron chi connectivity index (χ3n) is 8.75. The van der Waals surface area contributed by atoms with Crippen LogP contribution in [0.4, 0.5) is 8.78 Å². The maximum Gasteiger partial charge on any atom is 0.400 e. The van der Waals surface area contributed by atoms with Crippen molar-refractivity contribution in [3.8, 4) is 5.75 Å². The van der Waals surface area contributed by atoms with E-state index in [0.717, 1.165) is 30.6 Å². The van der Waals surface area contributed by atoms with Gasteiger partial charge in [0, 0.05) is 0 Å². The van der Waals surface area contributed by atoms with E-state index in [1.165, 1.54) is 63.4 Å². The number of halogens is 2. The number of alkyl halides is 2. The molecule has 0 saturated heterocycles. The van der Waals surface area contributed by atoms with Gasteiger partial charge in [0.05, 0.1) is 5.92 Å². The zero-order chi connectivity index (χ0) is 21.8. The Balaban J connectivity index is 1.24. The first-order valence-electron chi connectivity index (χ1n) is 13.1. The van der Waals surface area contributed by atoms with Gasteiger partial charge < -0.3 is 4.74 Å². The van der Waals surface area contributed by atoms with Crippen LogP contribution in [0.25, 0.3) is 0 Å². The van der Waals surface area contributed by atoms with E-state index in [9.17, 15) is 8.78 Å². The second-order valence-corrected chi connectivity index (χ2v) is 11.3. The first-order valence-corrected chi connectivity index (χ1v) is 13.1. The monoisotopic (exact) mass is 432 g/mol. The van der Waals surface area contributed by atoms with E-state index in [0.29, 0.717) is 30.4 Å². The summed E-state index contributed by atoms with van der Waals surface area (Å²) >= 11 is 0. The molecule has 3 heteroatoms. The molecule has 0 aliphatic heterocycles. The summed E-state index contributed by atoms with van der Waals surface area (Å²) in [4.78, 5) is 0. The summed E-state index contributed by atoms with van der Waals surface area (Å²) in [6, 6.07) is 7.54. The fraction of sp³-hybridized carbons (Fsp3) is 0.786. The van der Waals surface area contributed by atoms with Gasteiger partial charge in [0.15, 0.2) is 0 Å². The molecule has 31 heavy (non-hydrogen) atoms. The Morgan fingerprint density at radius 1 is 0.710 bits per heavy atom. The normalized spacial score (nSPS) is 35.0. The highest BCUT2D eigenvalue weighted by molar-refractivity contribution is 5.30. The van der Waals surface area contributed by atoms with Crippen molar-refractivity contribution < 1.29 is 13.5 Å². The summed E-state index contributed by atoms with van der Waals surface area (Å²) in [6.45, 7) is 4.67. The minimum Gasteiger partial charge on any atom is -0.432 e. The Morgan fingerprint density at radius 3 is 1.74 bits per heavy atom. The SMILES string of the molecule is CC1CCC(CC2CCC(C(F)(F)Oc3ccc(C4CCC(C)CC4)cc3)CC2)CC1. The molecule has 0 heterocycles. The molecule has 0 N–H and O–H groups in total. The van der Waals surface area contributed by atoms with Crippen LogP contribution in [-0.4, -0.2) is 6.11 Å². The second kappa shape index (κ2) is 10.2. The van der Waals surface area contributed by atoms with Gasteiger partial charge in [-0.2, -0.15) is 8.78 Å². The van der Waals surface area contributed by atoms with Crippen LogP contribution in [-0.2, 0) is 0 Å². The summed E-state index contributed by atoms with van der Waals surface area (Å²) in [5, 5.41) is 0. The lowest BCUT2D eigenvalue weighted by Gasteiger charge is -2.35. The maximum absolute atomic E-state index is 14.9. The molecule has 3 aliphatic carbocycles. The van der Waals surface area contributed by atoms with E-state index in [2.05, 4.69) is 13.8 Å². The van der Waals surface area contributed by atoms with Gasteiger partial charge in [0.1, 0.15) is 5.75 Å². The van der Waals surface area contributed by atoms with Gasteiger partial charge in [0.25, 0.3) is 0 Å². The Hall–Kier alpha value is -1.12. The zero-order valence-corrected chi connectivity index (χ0v) is 19.6. The van der Waals surface area contributed by atoms with Crippen LogP contribution in [0.5, 0.6) is 5.75 Å². The highest BCUT2D eigenvalue weighted by atomic mass is 19.3. The quantitative estimate of drug-likeness (QED) is 0.436. The van der Waals surface area contributed by atoms with E-state index >= 15 is 0 Å². The van der Waals surface area contributed by atoms with Crippen LogP contribution in [0.15, 0.2) is 24.3 Å². The first-order chi connectivity index (χ1) is 14.9. The van der Waals surface area contributed by atoms with Crippen LogP contribution < -0.4 is 4.74 Å². The van der Waals surface area contributed by atoms with Crippen LogP contribution in [0.1, 0.15) is 109 Å². The first kappa shape index (κ1) is 23.1. The van der Waals surface area contributed by atoms with E-state index in [4.69, 9.17) is 4.74 Å². The van der Waals surface area contributed by atoms with Crippen molar-refractivity contribution >= 4 is 0 Å². The van der Waals surface area contributed by atoms with Gasteiger partial charge in [0.2, 0.25) is 0 Å². The molecule has 0 unspecified atom stereocenters. The molecule has 3 fully saturated rings. The molecule has 0 aromatic heterocycles. The van der Waals surface area contributed by atoms with E-state index in [1.807, 2.05) is 12.1 Å². The Morgan fingerprint density at radius 2 is 1.19 bits per heavy atom. The molecule has 3 aliphatic rings. The third kappa shape index (κ3) is 6.23. The molecule has 174 valence electrons. The van der Waals surface area contributed by atoms with Crippen LogP contribution in [0.2, 0.25) is 0 Å². The molecule has 4 rings (SSSR count). The van der Waals surface area contributed by atoms with Gasteiger partial charge in [-0.25, -0.2) is 0 Å². The Labute approximate surface area is 188 Å². The highest BCUT2D eigenvalue weighted by Gasteiger charge is 2.44. The van der Waals surface area contributed by atoms with E-state index in [1.54, 1.807) is 12.1 Å². The van der Waals surface area contributed by atoms with Gasteiger partial charge in [-0.3, -0.25) is 0 Å². The Bertz CT molecular complexity index is 661. The molecule has 0 bridgehead atoms. The van der Waals surface area contributed by atoms with Crippen molar-refractivity contribution in [3.63, 3.8) is 0 Å². The summed E-state index contributed by atoms with van der Waals surface area (Å²) in [5.74, 6) is 3.42. The van der Waals surface area contributed by atoms with Crippen molar-refractivity contribution in [2.45, 2.75) is 109 Å². The van der Waals surface area contributed by atoms with E-state index < -0.39 is 12.0 Å². The van der Waals surface area contributed by atoms with Gasteiger partial charge in [-0.05, 0) is 92.2 Å². The fourth-order valence-electron chi connectivity index (χ4n) is 6.41. The number of rotatable bonds is 6. The second-order valence-electron chi connectivity index (χ2n) is 11.3. The molecule has 0 radical (unpaired) electrons. The van der Waals surface area contributed by atoms with E-state index in [-0.39, 0.29) is 0 Å². The average Bonchev–Trinajstić information content (AvgIpc) is 2.77. The van der Waals surface area contributed by atoms with Crippen molar-refractivity contribution in [2.24, 2.45) is 29.6 Å². The number of ether oxygens (including phenoxy) is 1. The largest absolute Gasteiger partial charge is 0.432 e. The van der Waals surface area contributed by atoms with Gasteiger partial charge in [-0.1, -0.05) is 64.5 Å². The molecule has 3 saturated carbocycles. The molecule has 1 nitrogen and oxygen atoms in total. The summed E-state index contributed by atoms with van der Waals surface area (Å²) in [5.41, 5.74) is 1.28. The summed E-state index contributed by atoms with van der Waals surface area (Å²) < 4.78 is 35.1. The van der Waals surface area contributed by atoms with Crippen molar-refractivity contribution in [1.29, 1.82) is 0 Å². The van der Waals surface area contributed by atoms with Gasteiger partial charge in [-0.15, -0.1) is 0 Å². The summed E-state index contributed by atoms with van der Waals surface area (Å²) in [7, 11) is 0. The minimum absolute atomic E-state index is 0.316. The fourth-order valence-corrected chi connectivity index (χ4v) is 6.41. The maximum atomic E-state index is 14.9. The number of hydrogen-bond acceptors (Lipinski definition) is 1. The third-order valence-corrected chi connectivity index (χ3v) is 8.75.